The van der Waals surface area contributed by atoms with Gasteiger partial charge in [-0.2, -0.15) is 5.10 Å². The molecule has 2 amide bonds. The summed E-state index contributed by atoms with van der Waals surface area (Å²) >= 11 is 1.87. The number of fused-ring (bicyclic) bond motifs is 2. The van der Waals surface area contributed by atoms with Gasteiger partial charge in [0.25, 0.3) is 0 Å². The highest BCUT2D eigenvalue weighted by molar-refractivity contribution is 14.1. The van der Waals surface area contributed by atoms with Crippen LogP contribution in [0.25, 0.3) is 5.65 Å². The van der Waals surface area contributed by atoms with Gasteiger partial charge in [0.05, 0.1) is 37.1 Å². The second-order valence-corrected chi connectivity index (χ2v) is 13.4. The van der Waals surface area contributed by atoms with Crippen LogP contribution < -0.4 is 15.4 Å². The number of likely N-dealkylation sites (tertiary alicyclic amines) is 1. The van der Waals surface area contributed by atoms with Crippen molar-refractivity contribution in [2.24, 2.45) is 0 Å². The number of pyridine rings is 1. The van der Waals surface area contributed by atoms with Gasteiger partial charge in [-0.25, -0.2) is 9.48 Å². The average Bonchev–Trinajstić information content (AvgIpc) is 3.61. The van der Waals surface area contributed by atoms with Gasteiger partial charge in [-0.15, -0.1) is 10.2 Å². The van der Waals surface area contributed by atoms with Crippen molar-refractivity contribution in [1.82, 2.24) is 34.6 Å². The van der Waals surface area contributed by atoms with Crippen molar-refractivity contribution in [1.29, 1.82) is 0 Å². The number of carbonyl (C=O) groups is 1. The minimum absolute atomic E-state index is 0.133. The number of anilines is 1. The Bertz CT molecular complexity index is 1610. The number of urea groups is 1. The average molecular weight is 713 g/mol. The van der Waals surface area contributed by atoms with Gasteiger partial charge in [0.1, 0.15) is 40.7 Å². The van der Waals surface area contributed by atoms with Crippen LogP contribution in [0.3, 0.4) is 0 Å². The zero-order valence-electron chi connectivity index (χ0n) is 25.8. The zero-order chi connectivity index (χ0) is 30.8. The summed E-state index contributed by atoms with van der Waals surface area (Å²) in [5.74, 6) is 2.39. The first-order valence-electron chi connectivity index (χ1n) is 15.4. The Balaban J connectivity index is 1.17. The number of ether oxygens (including phenoxy) is 1. The van der Waals surface area contributed by atoms with E-state index in [9.17, 15) is 4.79 Å². The van der Waals surface area contributed by atoms with Gasteiger partial charge in [-0.05, 0) is 62.5 Å². The normalized spacial score (nSPS) is 20.8. The van der Waals surface area contributed by atoms with Crippen LogP contribution in [0.15, 0.2) is 48.7 Å². The topological polar surface area (TPSA) is 111 Å². The quantitative estimate of drug-likeness (QED) is 0.200. The summed E-state index contributed by atoms with van der Waals surface area (Å²) in [6.07, 6.45) is 6.89. The van der Waals surface area contributed by atoms with E-state index < -0.39 is 0 Å². The van der Waals surface area contributed by atoms with Gasteiger partial charge >= 0.3 is 6.03 Å². The number of aromatic nitrogens is 5. The largest absolute Gasteiger partial charge is 0.484 e. The number of rotatable bonds is 8. The predicted octanol–water partition coefficient (Wildman–Crippen LogP) is 6.52. The summed E-state index contributed by atoms with van der Waals surface area (Å²) < 4.78 is 15.7. The van der Waals surface area contributed by atoms with E-state index in [1.54, 1.807) is 4.68 Å². The Kier molecular flexibility index (Phi) is 9.11. The highest BCUT2D eigenvalue weighted by Crippen LogP contribution is 2.39. The number of piperidine rings is 1. The molecule has 1 aliphatic heterocycles. The molecule has 1 saturated heterocycles. The molecular weight excluding hydrogens is 671 g/mol. The SMILES string of the molecule is CN1CCCC[C@H]1c1nnc2ccc(O[C@@H]3CC[C@H](NC(=O)Nc4cc(C(C)(C)C)nn4CCOI)c4ccccc43)cn12. The van der Waals surface area contributed by atoms with E-state index in [4.69, 9.17) is 12.9 Å². The molecule has 3 atom stereocenters. The molecule has 0 bridgehead atoms. The van der Waals surface area contributed by atoms with Crippen molar-refractivity contribution in [3.05, 3.63) is 71.3 Å². The van der Waals surface area contributed by atoms with Crippen LogP contribution in [-0.4, -0.2) is 55.5 Å². The first-order chi connectivity index (χ1) is 21.2. The first-order valence-corrected chi connectivity index (χ1v) is 16.3. The summed E-state index contributed by atoms with van der Waals surface area (Å²) in [4.78, 5) is 15.7. The number of carbonyl (C=O) groups excluding carboxylic acids is 1. The number of halogens is 1. The van der Waals surface area contributed by atoms with Crippen molar-refractivity contribution in [2.45, 2.75) is 83.0 Å². The van der Waals surface area contributed by atoms with Crippen molar-refractivity contribution in [3.8, 4) is 5.75 Å². The van der Waals surface area contributed by atoms with Gasteiger partial charge in [-0.3, -0.25) is 14.6 Å². The van der Waals surface area contributed by atoms with Crippen LogP contribution in [0.4, 0.5) is 10.6 Å². The van der Waals surface area contributed by atoms with Crippen molar-refractivity contribution in [3.63, 3.8) is 0 Å². The lowest BCUT2D eigenvalue weighted by Gasteiger charge is -2.32. The lowest BCUT2D eigenvalue weighted by atomic mass is 9.85. The highest BCUT2D eigenvalue weighted by atomic mass is 127. The molecule has 2 N–H and O–H groups in total. The van der Waals surface area contributed by atoms with Crippen LogP contribution in [0.5, 0.6) is 5.75 Å². The molecule has 4 heterocycles. The fourth-order valence-electron chi connectivity index (χ4n) is 6.26. The van der Waals surface area contributed by atoms with E-state index in [0.717, 1.165) is 59.8 Å². The Labute approximate surface area is 272 Å². The lowest BCUT2D eigenvalue weighted by Crippen LogP contribution is -2.36. The van der Waals surface area contributed by atoms with Crippen LogP contribution in [0.1, 0.15) is 93.7 Å². The summed E-state index contributed by atoms with van der Waals surface area (Å²) in [5.41, 5.74) is 3.73. The van der Waals surface area contributed by atoms with Crippen molar-refractivity contribution in [2.75, 3.05) is 25.5 Å². The molecule has 2 aliphatic rings. The minimum Gasteiger partial charge on any atom is -0.484 e. The Hall–Kier alpha value is -3.23. The second-order valence-electron chi connectivity index (χ2n) is 12.8. The summed E-state index contributed by atoms with van der Waals surface area (Å²) in [6, 6.07) is 13.9. The molecule has 44 heavy (non-hydrogen) atoms. The number of nitrogens with one attached hydrogen (secondary N) is 2. The molecule has 0 unspecified atom stereocenters. The fourth-order valence-corrected chi connectivity index (χ4v) is 6.46. The van der Waals surface area contributed by atoms with Crippen LogP contribution in [0.2, 0.25) is 0 Å². The molecule has 12 heteroatoms. The second kappa shape index (κ2) is 13.0. The van der Waals surface area contributed by atoms with Gasteiger partial charge in [-0.1, -0.05) is 51.5 Å². The molecule has 0 radical (unpaired) electrons. The molecule has 4 aromatic rings. The van der Waals surface area contributed by atoms with E-state index in [2.05, 4.69) is 70.1 Å². The monoisotopic (exact) mass is 712 g/mol. The third-order valence-electron chi connectivity index (χ3n) is 8.66. The fraction of sp³-hybridized carbons (Fsp3) is 0.500. The Morgan fingerprint density at radius 2 is 1.89 bits per heavy atom. The van der Waals surface area contributed by atoms with Crippen LogP contribution in [-0.2, 0) is 15.0 Å². The van der Waals surface area contributed by atoms with Gasteiger partial charge < -0.3 is 13.1 Å². The molecule has 6 rings (SSSR count). The number of amides is 2. The molecule has 0 saturated carbocycles. The van der Waals surface area contributed by atoms with E-state index >= 15 is 0 Å². The zero-order valence-corrected chi connectivity index (χ0v) is 28.0. The van der Waals surface area contributed by atoms with Gasteiger partial charge in [0.15, 0.2) is 11.5 Å². The van der Waals surface area contributed by atoms with Crippen LogP contribution in [0, 0.1) is 0 Å². The molecular formula is C32H41IN8O3. The maximum Gasteiger partial charge on any atom is 0.320 e. The third kappa shape index (κ3) is 6.57. The Morgan fingerprint density at radius 3 is 2.66 bits per heavy atom. The summed E-state index contributed by atoms with van der Waals surface area (Å²) in [6.45, 7) is 8.41. The van der Waals surface area contributed by atoms with Crippen molar-refractivity contribution >= 4 is 40.5 Å². The van der Waals surface area contributed by atoms with Gasteiger partial charge in [0.2, 0.25) is 0 Å². The van der Waals surface area contributed by atoms with E-state index in [-0.39, 0.29) is 29.6 Å². The first kappa shape index (κ1) is 30.8. The number of nitrogens with zero attached hydrogens (tertiary/aromatic N) is 6. The molecule has 1 fully saturated rings. The maximum atomic E-state index is 13.3. The predicted molar refractivity (Wildman–Crippen MR) is 177 cm³/mol. The van der Waals surface area contributed by atoms with Crippen LogP contribution >= 0.6 is 23.0 Å². The lowest BCUT2D eigenvalue weighted by molar-refractivity contribution is 0.170. The minimum atomic E-state index is -0.264. The maximum absolute atomic E-state index is 13.3. The molecule has 1 aliphatic carbocycles. The summed E-state index contributed by atoms with van der Waals surface area (Å²) in [7, 11) is 2.16. The molecule has 11 nitrogen and oxygen atoms in total. The van der Waals surface area contributed by atoms with Gasteiger partial charge in [0, 0.05) is 11.5 Å². The molecule has 0 spiro atoms. The summed E-state index contributed by atoms with van der Waals surface area (Å²) in [5, 5.41) is 19.9. The van der Waals surface area contributed by atoms with E-state index in [1.165, 1.54) is 12.8 Å². The van der Waals surface area contributed by atoms with E-state index in [0.29, 0.717) is 19.0 Å². The number of hydrogen-bond donors (Lipinski definition) is 2. The Morgan fingerprint density at radius 1 is 1.07 bits per heavy atom. The molecule has 234 valence electrons. The third-order valence-corrected chi connectivity index (χ3v) is 9.10. The van der Waals surface area contributed by atoms with Crippen molar-refractivity contribution < 1.29 is 12.6 Å². The molecule has 1 aromatic carbocycles. The highest BCUT2D eigenvalue weighted by Gasteiger charge is 2.31. The molecule has 3 aromatic heterocycles. The number of hydrogen-bond acceptors (Lipinski definition) is 7. The smallest absolute Gasteiger partial charge is 0.320 e. The van der Waals surface area contributed by atoms with E-state index in [1.807, 2.05) is 59.5 Å². The standard InChI is InChI=1S/C32H41IN8O3/c1-32(2,3)27-19-29(41(38-27)17-18-43-33)35-31(42)34-24-13-14-26(23-10-6-5-9-22(23)24)44-21-12-15-28-36-37-30(40(28)20-21)25-11-7-8-16-39(25)4/h5-6,9-10,12,15,19-20,24-26H,7-8,11,13-14,16-18H2,1-4H3,(H2,34,35,42)/t24-,25-,26+/m0/s1. The number of benzene rings is 1.